The molecule has 1 aliphatic carbocycles. The van der Waals surface area contributed by atoms with E-state index >= 15 is 0 Å². The molecule has 1 fully saturated rings. The second kappa shape index (κ2) is 8.06. The molecule has 0 saturated heterocycles. The predicted octanol–water partition coefficient (Wildman–Crippen LogP) is 0.747. The van der Waals surface area contributed by atoms with Crippen molar-refractivity contribution < 1.29 is 14.7 Å². The zero-order valence-corrected chi connectivity index (χ0v) is 10.2. The summed E-state index contributed by atoms with van der Waals surface area (Å²) < 4.78 is 0. The second-order valence-corrected chi connectivity index (χ2v) is 4.63. The number of rotatable bonds is 10. The van der Waals surface area contributed by atoms with Gasteiger partial charge in [0.1, 0.15) is 0 Å². The standard InChI is InChI=1S/C12H22N2O3/c15-11(9-13-8-10-5-6-10)14-7-3-1-2-4-12(16)17/h10,13H,1-9H2,(H,14,15)(H,16,17). The summed E-state index contributed by atoms with van der Waals surface area (Å²) in [6.45, 7) is 1.99. The van der Waals surface area contributed by atoms with Crippen molar-refractivity contribution in [2.75, 3.05) is 19.6 Å². The minimum absolute atomic E-state index is 0.0314. The fourth-order valence-corrected chi connectivity index (χ4v) is 1.58. The van der Waals surface area contributed by atoms with Crippen LogP contribution in [0.25, 0.3) is 0 Å². The third-order valence-electron chi connectivity index (χ3n) is 2.81. The first kappa shape index (κ1) is 14.0. The molecule has 0 atom stereocenters. The number of unbranched alkanes of at least 4 members (excludes halogenated alkanes) is 2. The average Bonchev–Trinajstić information content (AvgIpc) is 3.06. The molecule has 0 aromatic rings. The van der Waals surface area contributed by atoms with Crippen LogP contribution >= 0.6 is 0 Å². The van der Waals surface area contributed by atoms with Crippen molar-refractivity contribution in [1.82, 2.24) is 10.6 Å². The smallest absolute Gasteiger partial charge is 0.303 e. The maximum atomic E-state index is 11.3. The summed E-state index contributed by atoms with van der Waals surface area (Å²) in [6.07, 6.45) is 5.18. The van der Waals surface area contributed by atoms with Gasteiger partial charge in [0.05, 0.1) is 6.54 Å². The first-order chi connectivity index (χ1) is 8.18. The highest BCUT2D eigenvalue weighted by molar-refractivity contribution is 5.77. The number of carboxylic acids is 1. The molecule has 1 amide bonds. The predicted molar refractivity (Wildman–Crippen MR) is 64.7 cm³/mol. The van der Waals surface area contributed by atoms with Gasteiger partial charge in [-0.15, -0.1) is 0 Å². The maximum absolute atomic E-state index is 11.3. The highest BCUT2D eigenvalue weighted by Gasteiger charge is 2.20. The Hall–Kier alpha value is -1.10. The van der Waals surface area contributed by atoms with Gasteiger partial charge in [-0.3, -0.25) is 9.59 Å². The molecule has 1 saturated carbocycles. The first-order valence-electron chi connectivity index (χ1n) is 6.37. The van der Waals surface area contributed by atoms with Gasteiger partial charge < -0.3 is 15.7 Å². The quantitative estimate of drug-likeness (QED) is 0.494. The van der Waals surface area contributed by atoms with Crippen molar-refractivity contribution in [2.45, 2.75) is 38.5 Å². The van der Waals surface area contributed by atoms with E-state index in [0.29, 0.717) is 19.5 Å². The number of amides is 1. The first-order valence-corrected chi connectivity index (χ1v) is 6.37. The monoisotopic (exact) mass is 242 g/mol. The molecule has 3 N–H and O–H groups in total. The van der Waals surface area contributed by atoms with E-state index in [-0.39, 0.29) is 12.3 Å². The Bertz CT molecular complexity index is 252. The molecule has 1 aliphatic rings. The lowest BCUT2D eigenvalue weighted by molar-refractivity contribution is -0.137. The largest absolute Gasteiger partial charge is 0.481 e. The Morgan fingerprint density at radius 1 is 1.18 bits per heavy atom. The molecular formula is C12H22N2O3. The molecule has 0 heterocycles. The number of hydrogen-bond acceptors (Lipinski definition) is 3. The topological polar surface area (TPSA) is 78.4 Å². The van der Waals surface area contributed by atoms with Crippen molar-refractivity contribution in [2.24, 2.45) is 5.92 Å². The molecule has 0 radical (unpaired) electrons. The molecule has 0 bridgehead atoms. The van der Waals surface area contributed by atoms with Crippen LogP contribution in [0.1, 0.15) is 38.5 Å². The molecule has 17 heavy (non-hydrogen) atoms. The van der Waals surface area contributed by atoms with Crippen LogP contribution in [-0.2, 0) is 9.59 Å². The van der Waals surface area contributed by atoms with E-state index in [9.17, 15) is 9.59 Å². The molecule has 0 aliphatic heterocycles. The van der Waals surface area contributed by atoms with Gasteiger partial charge in [0.15, 0.2) is 0 Å². The van der Waals surface area contributed by atoms with Gasteiger partial charge in [0, 0.05) is 13.0 Å². The molecular weight excluding hydrogens is 220 g/mol. The minimum Gasteiger partial charge on any atom is -0.481 e. The molecule has 5 nitrogen and oxygen atoms in total. The second-order valence-electron chi connectivity index (χ2n) is 4.63. The van der Waals surface area contributed by atoms with E-state index < -0.39 is 5.97 Å². The minimum atomic E-state index is -0.752. The summed E-state index contributed by atoms with van der Waals surface area (Å²) in [6, 6.07) is 0. The molecule has 1 rings (SSSR count). The number of carbonyl (C=O) groups excluding carboxylic acids is 1. The summed E-state index contributed by atoms with van der Waals surface area (Å²) in [5, 5.41) is 14.4. The molecule has 0 aromatic carbocycles. The number of aliphatic carboxylic acids is 1. The lowest BCUT2D eigenvalue weighted by Gasteiger charge is -2.05. The Morgan fingerprint density at radius 2 is 1.94 bits per heavy atom. The van der Waals surface area contributed by atoms with Gasteiger partial charge in [-0.05, 0) is 38.1 Å². The molecule has 5 heteroatoms. The third-order valence-corrected chi connectivity index (χ3v) is 2.81. The van der Waals surface area contributed by atoms with Gasteiger partial charge in [0.2, 0.25) is 5.91 Å². The lowest BCUT2D eigenvalue weighted by atomic mass is 10.2. The number of carboxylic acid groups (broad SMARTS) is 1. The Kier molecular flexibility index (Phi) is 6.62. The van der Waals surface area contributed by atoms with E-state index in [0.717, 1.165) is 25.3 Å². The van der Waals surface area contributed by atoms with Gasteiger partial charge in [0.25, 0.3) is 0 Å². The van der Waals surface area contributed by atoms with Gasteiger partial charge >= 0.3 is 5.97 Å². The van der Waals surface area contributed by atoms with Crippen molar-refractivity contribution in [3.8, 4) is 0 Å². The van der Waals surface area contributed by atoms with Crippen molar-refractivity contribution in [1.29, 1.82) is 0 Å². The van der Waals surface area contributed by atoms with Crippen LogP contribution in [0.15, 0.2) is 0 Å². The van der Waals surface area contributed by atoms with Crippen LogP contribution in [0, 0.1) is 5.92 Å². The van der Waals surface area contributed by atoms with Crippen LogP contribution in [0.2, 0.25) is 0 Å². The van der Waals surface area contributed by atoms with Crippen molar-refractivity contribution in [3.63, 3.8) is 0 Å². The van der Waals surface area contributed by atoms with E-state index in [4.69, 9.17) is 5.11 Å². The Labute approximate surface area is 102 Å². The highest BCUT2D eigenvalue weighted by Crippen LogP contribution is 2.27. The van der Waals surface area contributed by atoms with Crippen LogP contribution in [-0.4, -0.2) is 36.6 Å². The average molecular weight is 242 g/mol. The van der Waals surface area contributed by atoms with E-state index in [1.807, 2.05) is 0 Å². The summed E-state index contributed by atoms with van der Waals surface area (Å²) in [5.41, 5.74) is 0. The number of carbonyl (C=O) groups is 2. The van der Waals surface area contributed by atoms with Crippen molar-refractivity contribution >= 4 is 11.9 Å². The summed E-state index contributed by atoms with van der Waals surface area (Å²) in [4.78, 5) is 21.6. The zero-order chi connectivity index (χ0) is 12.5. The third kappa shape index (κ3) is 8.68. The van der Waals surface area contributed by atoms with Gasteiger partial charge in [-0.25, -0.2) is 0 Å². The number of hydrogen-bond donors (Lipinski definition) is 3. The fourth-order valence-electron chi connectivity index (χ4n) is 1.58. The maximum Gasteiger partial charge on any atom is 0.303 e. The Morgan fingerprint density at radius 3 is 2.59 bits per heavy atom. The van der Waals surface area contributed by atoms with Gasteiger partial charge in [-0.1, -0.05) is 6.42 Å². The number of nitrogens with one attached hydrogen (secondary N) is 2. The van der Waals surface area contributed by atoms with Crippen LogP contribution in [0.4, 0.5) is 0 Å². The van der Waals surface area contributed by atoms with Gasteiger partial charge in [-0.2, -0.15) is 0 Å². The highest BCUT2D eigenvalue weighted by atomic mass is 16.4. The zero-order valence-electron chi connectivity index (χ0n) is 10.2. The molecule has 98 valence electrons. The van der Waals surface area contributed by atoms with E-state index in [1.54, 1.807) is 0 Å². The Balaban J connectivity index is 1.80. The van der Waals surface area contributed by atoms with E-state index in [2.05, 4.69) is 10.6 Å². The molecule has 0 spiro atoms. The SMILES string of the molecule is O=C(O)CCCCCNC(=O)CNCC1CC1. The van der Waals surface area contributed by atoms with Crippen LogP contribution in [0.5, 0.6) is 0 Å². The van der Waals surface area contributed by atoms with Crippen molar-refractivity contribution in [3.05, 3.63) is 0 Å². The fraction of sp³-hybridized carbons (Fsp3) is 0.833. The molecule has 0 unspecified atom stereocenters. The normalized spacial score (nSPS) is 14.6. The summed E-state index contributed by atoms with van der Waals surface area (Å²) in [7, 11) is 0. The van der Waals surface area contributed by atoms with Crippen LogP contribution in [0.3, 0.4) is 0 Å². The molecule has 0 aromatic heterocycles. The van der Waals surface area contributed by atoms with Crippen LogP contribution < -0.4 is 10.6 Å². The summed E-state index contributed by atoms with van der Waals surface area (Å²) in [5.74, 6) is 0.0704. The summed E-state index contributed by atoms with van der Waals surface area (Å²) >= 11 is 0. The van der Waals surface area contributed by atoms with E-state index in [1.165, 1.54) is 12.8 Å². The lowest BCUT2D eigenvalue weighted by Crippen LogP contribution is -2.35.